The number of rotatable bonds is 9. The Balaban J connectivity index is 1.38. The molecule has 0 aliphatic rings. The minimum absolute atomic E-state index is 0.0999. The number of unbranched alkanes of at least 4 members (excludes halogenated alkanes) is 3. The SMILES string of the molecule is Nc1ccc2ccn(CCCCCCC(=O)NS(=O)(=O)c3ccccc3)c2c1. The molecule has 7 heteroatoms. The van der Waals surface area contributed by atoms with Gasteiger partial charge in [0.1, 0.15) is 0 Å². The molecule has 0 spiro atoms. The molecule has 0 saturated heterocycles. The summed E-state index contributed by atoms with van der Waals surface area (Å²) in [6, 6.07) is 15.9. The summed E-state index contributed by atoms with van der Waals surface area (Å²) in [7, 11) is -3.77. The molecule has 1 aromatic heterocycles. The fourth-order valence-electron chi connectivity index (χ4n) is 3.18. The monoisotopic (exact) mass is 399 g/mol. The molecule has 6 nitrogen and oxygen atoms in total. The number of nitrogen functional groups attached to an aromatic ring is 1. The van der Waals surface area contributed by atoms with Crippen molar-refractivity contribution in [1.82, 2.24) is 9.29 Å². The number of fused-ring (bicyclic) bond motifs is 1. The van der Waals surface area contributed by atoms with Gasteiger partial charge in [0.25, 0.3) is 10.0 Å². The molecule has 1 amide bonds. The van der Waals surface area contributed by atoms with Crippen LogP contribution in [-0.4, -0.2) is 18.9 Å². The number of carbonyl (C=O) groups is 1. The lowest BCUT2D eigenvalue weighted by molar-refractivity contribution is -0.119. The second-order valence-electron chi connectivity index (χ2n) is 6.83. The summed E-state index contributed by atoms with van der Waals surface area (Å²) >= 11 is 0. The van der Waals surface area contributed by atoms with Crippen molar-refractivity contribution in [1.29, 1.82) is 0 Å². The molecule has 0 saturated carbocycles. The molecule has 0 aliphatic heterocycles. The minimum Gasteiger partial charge on any atom is -0.399 e. The molecule has 0 unspecified atom stereocenters. The quantitative estimate of drug-likeness (QED) is 0.424. The highest BCUT2D eigenvalue weighted by Crippen LogP contribution is 2.19. The van der Waals surface area contributed by atoms with E-state index in [0.29, 0.717) is 6.42 Å². The molecule has 3 aromatic rings. The molecule has 2 aromatic carbocycles. The van der Waals surface area contributed by atoms with Crippen molar-refractivity contribution in [3.05, 3.63) is 60.8 Å². The van der Waals surface area contributed by atoms with Gasteiger partial charge in [-0.2, -0.15) is 0 Å². The number of hydrogen-bond acceptors (Lipinski definition) is 4. The predicted molar refractivity (Wildman–Crippen MR) is 111 cm³/mol. The summed E-state index contributed by atoms with van der Waals surface area (Å²) in [4.78, 5) is 12.0. The Labute approximate surface area is 165 Å². The van der Waals surface area contributed by atoms with Crippen molar-refractivity contribution in [2.24, 2.45) is 0 Å². The second kappa shape index (κ2) is 8.93. The normalized spacial score (nSPS) is 11.6. The highest BCUT2D eigenvalue weighted by molar-refractivity contribution is 7.90. The van der Waals surface area contributed by atoms with Crippen LogP contribution < -0.4 is 10.5 Å². The number of nitrogens with two attached hydrogens (primary N) is 1. The molecule has 1 heterocycles. The van der Waals surface area contributed by atoms with E-state index in [4.69, 9.17) is 5.73 Å². The van der Waals surface area contributed by atoms with Crippen molar-refractivity contribution >= 4 is 32.5 Å². The Morgan fingerprint density at radius 1 is 0.964 bits per heavy atom. The molecule has 0 aliphatic carbocycles. The zero-order valence-corrected chi connectivity index (χ0v) is 16.5. The number of carbonyl (C=O) groups excluding carboxylic acids is 1. The maximum Gasteiger partial charge on any atom is 0.264 e. The Morgan fingerprint density at radius 2 is 1.71 bits per heavy atom. The van der Waals surface area contributed by atoms with Crippen LogP contribution in [0.4, 0.5) is 5.69 Å². The van der Waals surface area contributed by atoms with E-state index < -0.39 is 15.9 Å². The van der Waals surface area contributed by atoms with Crippen LogP contribution >= 0.6 is 0 Å². The van der Waals surface area contributed by atoms with Crippen molar-refractivity contribution in [3.8, 4) is 0 Å². The second-order valence-corrected chi connectivity index (χ2v) is 8.52. The maximum atomic E-state index is 12.1. The van der Waals surface area contributed by atoms with Crippen LogP contribution in [0.15, 0.2) is 65.7 Å². The lowest BCUT2D eigenvalue weighted by Gasteiger charge is -2.08. The minimum atomic E-state index is -3.77. The number of hydrogen-bond donors (Lipinski definition) is 2. The molecule has 0 fully saturated rings. The predicted octanol–water partition coefficient (Wildman–Crippen LogP) is 3.68. The zero-order chi connectivity index (χ0) is 20.0. The first kappa shape index (κ1) is 19.9. The van der Waals surface area contributed by atoms with Crippen molar-refractivity contribution in [3.63, 3.8) is 0 Å². The zero-order valence-electron chi connectivity index (χ0n) is 15.7. The number of anilines is 1. The van der Waals surface area contributed by atoms with Gasteiger partial charge in [0.05, 0.1) is 10.4 Å². The molecule has 0 radical (unpaired) electrons. The lowest BCUT2D eigenvalue weighted by Crippen LogP contribution is -2.30. The van der Waals surface area contributed by atoms with Gasteiger partial charge in [-0.25, -0.2) is 13.1 Å². The molecular formula is C21H25N3O3S. The third-order valence-electron chi connectivity index (χ3n) is 4.65. The number of benzene rings is 2. The van der Waals surface area contributed by atoms with Crippen LogP contribution in [0.2, 0.25) is 0 Å². The molecule has 3 N–H and O–H groups in total. The third kappa shape index (κ3) is 5.13. The summed E-state index contributed by atoms with van der Waals surface area (Å²) in [6.45, 7) is 0.890. The summed E-state index contributed by atoms with van der Waals surface area (Å²) in [5.74, 6) is -0.462. The van der Waals surface area contributed by atoms with Crippen molar-refractivity contribution in [2.45, 2.75) is 43.5 Å². The number of amides is 1. The molecular weight excluding hydrogens is 374 g/mol. The van der Waals surface area contributed by atoms with Gasteiger partial charge >= 0.3 is 0 Å². The van der Waals surface area contributed by atoms with E-state index >= 15 is 0 Å². The van der Waals surface area contributed by atoms with E-state index in [2.05, 4.69) is 21.6 Å². The Kier molecular flexibility index (Phi) is 6.36. The third-order valence-corrected chi connectivity index (χ3v) is 6.04. The largest absolute Gasteiger partial charge is 0.399 e. The lowest BCUT2D eigenvalue weighted by atomic mass is 10.1. The number of aryl methyl sites for hydroxylation is 1. The van der Waals surface area contributed by atoms with Crippen LogP contribution in [-0.2, 0) is 21.4 Å². The van der Waals surface area contributed by atoms with E-state index in [0.717, 1.165) is 37.0 Å². The number of nitrogens with one attached hydrogen (secondary N) is 1. The number of sulfonamides is 1. The van der Waals surface area contributed by atoms with E-state index in [9.17, 15) is 13.2 Å². The van der Waals surface area contributed by atoms with Gasteiger partial charge in [-0.05, 0) is 48.6 Å². The first-order valence-corrected chi connectivity index (χ1v) is 10.9. The summed E-state index contributed by atoms with van der Waals surface area (Å²) in [5, 5.41) is 1.17. The summed E-state index contributed by atoms with van der Waals surface area (Å²) in [6.07, 6.45) is 5.76. The first-order chi connectivity index (χ1) is 13.5. The van der Waals surface area contributed by atoms with E-state index in [-0.39, 0.29) is 11.3 Å². The highest BCUT2D eigenvalue weighted by Gasteiger charge is 2.16. The van der Waals surface area contributed by atoms with E-state index in [1.54, 1.807) is 18.2 Å². The van der Waals surface area contributed by atoms with E-state index in [1.165, 1.54) is 17.5 Å². The number of nitrogens with zero attached hydrogens (tertiary/aromatic N) is 1. The maximum absolute atomic E-state index is 12.1. The molecule has 0 atom stereocenters. The van der Waals surface area contributed by atoms with Crippen LogP contribution in [0.25, 0.3) is 10.9 Å². The smallest absolute Gasteiger partial charge is 0.264 e. The fourth-order valence-corrected chi connectivity index (χ4v) is 4.21. The van der Waals surface area contributed by atoms with Gasteiger partial charge in [-0.15, -0.1) is 0 Å². The van der Waals surface area contributed by atoms with Gasteiger partial charge in [-0.3, -0.25) is 4.79 Å². The first-order valence-electron chi connectivity index (χ1n) is 9.41. The van der Waals surface area contributed by atoms with Crippen LogP contribution in [0, 0.1) is 0 Å². The highest BCUT2D eigenvalue weighted by atomic mass is 32.2. The Bertz CT molecular complexity index is 1040. The molecule has 0 bridgehead atoms. The van der Waals surface area contributed by atoms with Gasteiger partial charge in [-0.1, -0.05) is 37.1 Å². The topological polar surface area (TPSA) is 94.2 Å². The number of aromatic nitrogens is 1. The molecule has 28 heavy (non-hydrogen) atoms. The average molecular weight is 400 g/mol. The Morgan fingerprint density at radius 3 is 2.50 bits per heavy atom. The van der Waals surface area contributed by atoms with Crippen LogP contribution in [0.3, 0.4) is 0 Å². The van der Waals surface area contributed by atoms with Crippen molar-refractivity contribution in [2.75, 3.05) is 5.73 Å². The summed E-state index contributed by atoms with van der Waals surface area (Å²) in [5.41, 5.74) is 7.75. The standard InChI is InChI=1S/C21H25N3O3S/c22-18-12-11-17-13-15-24(20(17)16-18)14-7-2-1-6-10-21(25)23-28(26,27)19-8-4-3-5-9-19/h3-5,8-9,11-13,15-16H,1-2,6-7,10,14,22H2,(H,23,25). The van der Waals surface area contributed by atoms with Crippen LogP contribution in [0.1, 0.15) is 32.1 Å². The van der Waals surface area contributed by atoms with Crippen LogP contribution in [0.5, 0.6) is 0 Å². The Hall–Kier alpha value is -2.80. The van der Waals surface area contributed by atoms with Gasteiger partial charge in [0.15, 0.2) is 0 Å². The van der Waals surface area contributed by atoms with Gasteiger partial charge in [0.2, 0.25) is 5.91 Å². The molecule has 3 rings (SSSR count). The average Bonchev–Trinajstić information content (AvgIpc) is 3.07. The van der Waals surface area contributed by atoms with Gasteiger partial charge in [0, 0.05) is 24.8 Å². The fraction of sp³-hybridized carbons (Fsp3) is 0.286. The van der Waals surface area contributed by atoms with Gasteiger partial charge < -0.3 is 10.3 Å². The molecule has 148 valence electrons. The van der Waals surface area contributed by atoms with E-state index in [1.807, 2.05) is 18.2 Å². The summed E-state index contributed by atoms with van der Waals surface area (Å²) < 4.78 is 28.5. The van der Waals surface area contributed by atoms with Crippen molar-refractivity contribution < 1.29 is 13.2 Å².